The van der Waals surface area contributed by atoms with E-state index in [1.807, 2.05) is 0 Å². The highest BCUT2D eigenvalue weighted by atomic mass is 15.0. The van der Waals surface area contributed by atoms with Crippen LogP contribution in [0.1, 0.15) is 49.3 Å². The third-order valence-electron chi connectivity index (χ3n) is 5.51. The molecule has 2 saturated carbocycles. The minimum atomic E-state index is 0.565. The molecule has 2 bridgehead atoms. The summed E-state index contributed by atoms with van der Waals surface area (Å²) < 4.78 is 0. The Kier molecular flexibility index (Phi) is 3.08. The maximum atomic E-state index is 4.01. The minimum Gasteiger partial charge on any atom is -0.313 e. The summed E-state index contributed by atoms with van der Waals surface area (Å²) >= 11 is 0. The molecule has 2 nitrogen and oxygen atoms in total. The van der Waals surface area contributed by atoms with E-state index in [1.54, 1.807) is 0 Å². The summed E-state index contributed by atoms with van der Waals surface area (Å²) in [6, 6.07) is 10.3. The topological polar surface area (TPSA) is 24.1 Å². The molecule has 1 heterocycles. The molecule has 0 saturated heterocycles. The van der Waals surface area contributed by atoms with E-state index in [0.717, 1.165) is 31.0 Å². The third-order valence-corrected chi connectivity index (χ3v) is 5.51. The largest absolute Gasteiger partial charge is 0.313 e. The van der Waals surface area contributed by atoms with E-state index in [2.05, 4.69) is 34.9 Å². The minimum absolute atomic E-state index is 0.565. The zero-order chi connectivity index (χ0) is 12.7. The van der Waals surface area contributed by atoms with Gasteiger partial charge in [0.1, 0.15) is 0 Å². The summed E-state index contributed by atoms with van der Waals surface area (Å²) in [6.07, 6.45) is 7.10. The van der Waals surface area contributed by atoms with Crippen molar-refractivity contribution in [3.63, 3.8) is 0 Å². The van der Waals surface area contributed by atoms with E-state index in [1.165, 1.54) is 43.2 Å². The van der Waals surface area contributed by atoms with Crippen LogP contribution in [0.2, 0.25) is 0 Å². The molecular weight excluding hydrogens is 232 g/mol. The average Bonchev–Trinajstić information content (AvgIpc) is 2.99. The molecule has 0 amide bonds. The highest BCUT2D eigenvalue weighted by molar-refractivity contribution is 5.31. The fourth-order valence-corrected chi connectivity index (χ4v) is 4.54. The van der Waals surface area contributed by atoms with Gasteiger partial charge < -0.3 is 10.6 Å². The van der Waals surface area contributed by atoms with Crippen LogP contribution < -0.4 is 10.6 Å². The first-order chi connectivity index (χ1) is 9.40. The van der Waals surface area contributed by atoms with E-state index in [0.29, 0.717) is 6.04 Å². The molecule has 102 valence electrons. The number of rotatable bonds is 2. The van der Waals surface area contributed by atoms with Crippen molar-refractivity contribution in [2.45, 2.75) is 50.7 Å². The predicted molar refractivity (Wildman–Crippen MR) is 77.9 cm³/mol. The van der Waals surface area contributed by atoms with Gasteiger partial charge in [-0.15, -0.1) is 0 Å². The van der Waals surface area contributed by atoms with Gasteiger partial charge in [-0.3, -0.25) is 0 Å². The Balaban J connectivity index is 1.54. The van der Waals surface area contributed by atoms with Crippen LogP contribution >= 0.6 is 0 Å². The van der Waals surface area contributed by atoms with Gasteiger partial charge in [-0.05, 0) is 55.2 Å². The van der Waals surface area contributed by atoms with E-state index >= 15 is 0 Å². The van der Waals surface area contributed by atoms with Crippen LogP contribution in [-0.4, -0.2) is 12.6 Å². The van der Waals surface area contributed by atoms with E-state index < -0.39 is 0 Å². The number of benzene rings is 1. The summed E-state index contributed by atoms with van der Waals surface area (Å²) in [4.78, 5) is 0. The van der Waals surface area contributed by atoms with Crippen LogP contribution in [0, 0.1) is 11.8 Å². The van der Waals surface area contributed by atoms with Crippen LogP contribution in [-0.2, 0) is 6.54 Å². The summed E-state index contributed by atoms with van der Waals surface area (Å²) in [7, 11) is 0. The molecule has 2 aliphatic carbocycles. The van der Waals surface area contributed by atoms with Gasteiger partial charge in [0, 0.05) is 18.6 Å². The first-order valence-corrected chi connectivity index (χ1v) is 7.95. The predicted octanol–water partition coefficient (Wildman–Crippen LogP) is 3.00. The molecule has 4 unspecified atom stereocenters. The number of hydrogen-bond acceptors (Lipinski definition) is 2. The lowest BCUT2D eigenvalue weighted by molar-refractivity contribution is 0.313. The van der Waals surface area contributed by atoms with Crippen molar-refractivity contribution >= 4 is 0 Å². The van der Waals surface area contributed by atoms with Gasteiger partial charge in [0.05, 0.1) is 0 Å². The molecule has 3 aliphatic rings. The van der Waals surface area contributed by atoms with Gasteiger partial charge in [-0.2, -0.15) is 0 Å². The molecule has 2 heteroatoms. The first-order valence-electron chi connectivity index (χ1n) is 7.95. The maximum Gasteiger partial charge on any atom is 0.0338 e. The number of fused-ring (bicyclic) bond motifs is 3. The molecule has 1 aromatic carbocycles. The van der Waals surface area contributed by atoms with Gasteiger partial charge in [0.25, 0.3) is 0 Å². The van der Waals surface area contributed by atoms with Crippen molar-refractivity contribution in [2.75, 3.05) is 6.54 Å². The lowest BCUT2D eigenvalue weighted by Crippen LogP contribution is -2.37. The van der Waals surface area contributed by atoms with Crippen LogP contribution in [0.15, 0.2) is 24.3 Å². The molecule has 0 spiro atoms. The fraction of sp³-hybridized carbons (Fsp3) is 0.647. The van der Waals surface area contributed by atoms with E-state index in [9.17, 15) is 0 Å². The summed E-state index contributed by atoms with van der Waals surface area (Å²) in [6.45, 7) is 2.16. The van der Waals surface area contributed by atoms with Gasteiger partial charge in [-0.1, -0.05) is 30.7 Å². The molecular formula is C17H24N2. The zero-order valence-electron chi connectivity index (χ0n) is 11.6. The molecule has 2 N–H and O–H groups in total. The Morgan fingerprint density at radius 2 is 2.00 bits per heavy atom. The molecule has 1 aliphatic heterocycles. The second-order valence-electron chi connectivity index (χ2n) is 6.66. The highest BCUT2D eigenvalue weighted by Crippen LogP contribution is 2.45. The first kappa shape index (κ1) is 11.9. The number of nitrogens with one attached hydrogen (secondary N) is 2. The smallest absolute Gasteiger partial charge is 0.0338 e. The Hall–Kier alpha value is -0.860. The van der Waals surface area contributed by atoms with Gasteiger partial charge in [-0.25, -0.2) is 0 Å². The zero-order valence-corrected chi connectivity index (χ0v) is 11.6. The van der Waals surface area contributed by atoms with Crippen LogP contribution in [0.3, 0.4) is 0 Å². The molecule has 4 rings (SSSR count). The van der Waals surface area contributed by atoms with Crippen LogP contribution in [0.25, 0.3) is 0 Å². The molecule has 2 fully saturated rings. The van der Waals surface area contributed by atoms with Crippen molar-refractivity contribution < 1.29 is 0 Å². The normalized spacial score (nSPS) is 37.1. The summed E-state index contributed by atoms with van der Waals surface area (Å²) in [5.74, 6) is 2.00. The van der Waals surface area contributed by atoms with Gasteiger partial charge >= 0.3 is 0 Å². The Labute approximate surface area is 116 Å². The molecule has 4 atom stereocenters. The van der Waals surface area contributed by atoms with Crippen molar-refractivity contribution in [3.05, 3.63) is 35.4 Å². The highest BCUT2D eigenvalue weighted by Gasteiger charge is 2.40. The van der Waals surface area contributed by atoms with Crippen molar-refractivity contribution in [2.24, 2.45) is 11.8 Å². The standard InChI is InChI=1S/C17H24N2/c1-2-4-15-14(3-1)11-18-8-7-16(15)19-17-10-12-5-6-13(17)9-12/h1-4,12-13,16-19H,5-11H2. The second-order valence-corrected chi connectivity index (χ2v) is 6.66. The van der Waals surface area contributed by atoms with Crippen molar-refractivity contribution in [3.8, 4) is 0 Å². The lowest BCUT2D eigenvalue weighted by atomic mass is 9.92. The second kappa shape index (κ2) is 4.92. The Morgan fingerprint density at radius 1 is 1.05 bits per heavy atom. The fourth-order valence-electron chi connectivity index (χ4n) is 4.54. The summed E-state index contributed by atoms with van der Waals surface area (Å²) in [5.41, 5.74) is 3.02. The Morgan fingerprint density at radius 3 is 2.84 bits per heavy atom. The van der Waals surface area contributed by atoms with Crippen LogP contribution in [0.5, 0.6) is 0 Å². The maximum absolute atomic E-state index is 4.01. The summed E-state index contributed by atoms with van der Waals surface area (Å²) in [5, 5.41) is 7.56. The van der Waals surface area contributed by atoms with E-state index in [-0.39, 0.29) is 0 Å². The van der Waals surface area contributed by atoms with Gasteiger partial charge in [0.2, 0.25) is 0 Å². The van der Waals surface area contributed by atoms with Crippen molar-refractivity contribution in [1.82, 2.24) is 10.6 Å². The van der Waals surface area contributed by atoms with Gasteiger partial charge in [0.15, 0.2) is 0 Å². The lowest BCUT2D eigenvalue weighted by Gasteiger charge is -2.29. The number of hydrogen-bond donors (Lipinski definition) is 2. The molecule has 0 radical (unpaired) electrons. The van der Waals surface area contributed by atoms with Crippen molar-refractivity contribution in [1.29, 1.82) is 0 Å². The average molecular weight is 256 g/mol. The third kappa shape index (κ3) is 2.21. The monoisotopic (exact) mass is 256 g/mol. The quantitative estimate of drug-likeness (QED) is 0.850. The SMILES string of the molecule is c1ccc2c(c1)CNCCC2NC1CC2CCC1C2. The molecule has 19 heavy (non-hydrogen) atoms. The Bertz CT molecular complexity index is 456. The molecule has 1 aromatic rings. The molecule has 0 aromatic heterocycles. The van der Waals surface area contributed by atoms with Crippen LogP contribution in [0.4, 0.5) is 0 Å². The van der Waals surface area contributed by atoms with E-state index in [4.69, 9.17) is 0 Å².